The molecule has 0 saturated carbocycles. The van der Waals surface area contributed by atoms with E-state index in [2.05, 4.69) is 22.5 Å². The molecule has 0 aliphatic carbocycles. The van der Waals surface area contributed by atoms with E-state index in [9.17, 15) is 4.79 Å². The molecule has 5 heteroatoms. The third-order valence-electron chi connectivity index (χ3n) is 3.10. The van der Waals surface area contributed by atoms with E-state index in [1.165, 1.54) is 12.8 Å². The molecule has 0 spiro atoms. The lowest BCUT2D eigenvalue weighted by Gasteiger charge is -2.28. The first-order valence-corrected chi connectivity index (χ1v) is 6.46. The molecular weight excluding hydrogens is 238 g/mol. The highest BCUT2D eigenvalue weighted by Crippen LogP contribution is 2.11. The van der Waals surface area contributed by atoms with Gasteiger partial charge in [-0.05, 0) is 45.3 Å². The van der Waals surface area contributed by atoms with Gasteiger partial charge in [-0.15, -0.1) is 12.4 Å². The van der Waals surface area contributed by atoms with Crippen LogP contribution in [0.5, 0.6) is 0 Å². The van der Waals surface area contributed by atoms with Crippen molar-refractivity contribution in [2.45, 2.75) is 26.7 Å². The average Bonchev–Trinajstić information content (AvgIpc) is 2.30. The summed E-state index contributed by atoms with van der Waals surface area (Å²) in [5, 5.41) is 6.27. The second-order valence-electron chi connectivity index (χ2n) is 4.49. The van der Waals surface area contributed by atoms with Gasteiger partial charge in [-0.25, -0.2) is 0 Å². The molecule has 0 aromatic heterocycles. The number of amides is 1. The zero-order valence-corrected chi connectivity index (χ0v) is 11.8. The van der Waals surface area contributed by atoms with E-state index in [-0.39, 0.29) is 18.3 Å². The van der Waals surface area contributed by atoms with Gasteiger partial charge in [0.25, 0.3) is 0 Å². The van der Waals surface area contributed by atoms with Crippen LogP contribution in [0.2, 0.25) is 0 Å². The van der Waals surface area contributed by atoms with Crippen LogP contribution >= 0.6 is 12.4 Å². The van der Waals surface area contributed by atoms with Crippen molar-refractivity contribution in [2.75, 3.05) is 39.3 Å². The van der Waals surface area contributed by atoms with E-state index >= 15 is 0 Å². The summed E-state index contributed by atoms with van der Waals surface area (Å²) in [5.74, 6) is 0.858. The Balaban J connectivity index is 0.00000256. The number of hydrogen-bond donors (Lipinski definition) is 2. The maximum Gasteiger partial charge on any atom is 0.234 e. The van der Waals surface area contributed by atoms with Crippen molar-refractivity contribution in [3.63, 3.8) is 0 Å². The normalized spacial score (nSPS) is 19.8. The van der Waals surface area contributed by atoms with Crippen molar-refractivity contribution >= 4 is 18.3 Å². The van der Waals surface area contributed by atoms with E-state index in [1.807, 2.05) is 6.92 Å². The fraction of sp³-hybridized carbons (Fsp3) is 0.917. The summed E-state index contributed by atoms with van der Waals surface area (Å²) in [4.78, 5) is 13.7. The predicted octanol–water partition coefficient (Wildman–Crippen LogP) is 0.866. The van der Waals surface area contributed by atoms with E-state index in [0.717, 1.165) is 32.7 Å². The summed E-state index contributed by atoms with van der Waals surface area (Å²) < 4.78 is 0. The summed E-state index contributed by atoms with van der Waals surface area (Å²) in [6, 6.07) is 0. The minimum Gasteiger partial charge on any atom is -0.355 e. The highest BCUT2D eigenvalue weighted by Gasteiger charge is 2.17. The Bertz CT molecular complexity index is 208. The molecule has 17 heavy (non-hydrogen) atoms. The number of hydrogen-bond acceptors (Lipinski definition) is 3. The highest BCUT2D eigenvalue weighted by molar-refractivity contribution is 5.85. The molecule has 1 amide bonds. The maximum absolute atomic E-state index is 11.5. The third kappa shape index (κ3) is 6.86. The van der Waals surface area contributed by atoms with Crippen LogP contribution in [0.3, 0.4) is 0 Å². The second kappa shape index (κ2) is 9.68. The van der Waals surface area contributed by atoms with Gasteiger partial charge in [-0.1, -0.05) is 6.92 Å². The topological polar surface area (TPSA) is 44.4 Å². The molecule has 0 aromatic carbocycles. The van der Waals surface area contributed by atoms with Crippen LogP contribution in [-0.2, 0) is 4.79 Å². The number of halogens is 1. The van der Waals surface area contributed by atoms with Gasteiger partial charge in [0.1, 0.15) is 0 Å². The lowest BCUT2D eigenvalue weighted by atomic mass is 9.99. The van der Waals surface area contributed by atoms with Gasteiger partial charge in [-0.2, -0.15) is 0 Å². The molecule has 1 aliphatic rings. The number of nitrogens with one attached hydrogen (secondary N) is 2. The van der Waals surface area contributed by atoms with Crippen LogP contribution < -0.4 is 10.6 Å². The Labute approximate surface area is 111 Å². The molecule has 4 nitrogen and oxygen atoms in total. The fourth-order valence-electron chi connectivity index (χ4n) is 2.21. The van der Waals surface area contributed by atoms with Crippen molar-refractivity contribution in [1.29, 1.82) is 0 Å². The van der Waals surface area contributed by atoms with Crippen LogP contribution in [0.25, 0.3) is 0 Å². The Kier molecular flexibility index (Phi) is 9.50. The van der Waals surface area contributed by atoms with Crippen molar-refractivity contribution in [2.24, 2.45) is 5.92 Å². The molecular formula is C12H26ClN3O. The zero-order chi connectivity index (χ0) is 11.8. The largest absolute Gasteiger partial charge is 0.355 e. The van der Waals surface area contributed by atoms with E-state index in [1.54, 1.807) is 0 Å². The van der Waals surface area contributed by atoms with Gasteiger partial charge in [0.05, 0.1) is 6.54 Å². The number of piperidine rings is 1. The minimum absolute atomic E-state index is 0. The van der Waals surface area contributed by atoms with Gasteiger partial charge < -0.3 is 10.6 Å². The standard InChI is InChI=1S/C12H25N3O.ClH/c1-3-14-12(16)10-15(4-2)9-11-6-5-7-13-8-11;/h11,13H,3-10H2,1-2H3,(H,14,16);1H. The zero-order valence-electron chi connectivity index (χ0n) is 11.0. The smallest absolute Gasteiger partial charge is 0.234 e. The molecule has 0 aromatic rings. The molecule has 1 heterocycles. The van der Waals surface area contributed by atoms with Gasteiger partial charge >= 0.3 is 0 Å². The molecule has 1 aliphatic heterocycles. The number of carbonyl (C=O) groups is 1. The summed E-state index contributed by atoms with van der Waals surface area (Å²) in [6.45, 7) is 9.59. The van der Waals surface area contributed by atoms with Gasteiger partial charge in [0.15, 0.2) is 0 Å². The summed E-state index contributed by atoms with van der Waals surface area (Å²) in [7, 11) is 0. The Morgan fingerprint density at radius 3 is 2.76 bits per heavy atom. The van der Waals surface area contributed by atoms with Crippen LogP contribution in [0.1, 0.15) is 26.7 Å². The van der Waals surface area contributed by atoms with Crippen LogP contribution in [0.15, 0.2) is 0 Å². The van der Waals surface area contributed by atoms with Crippen molar-refractivity contribution < 1.29 is 4.79 Å². The monoisotopic (exact) mass is 263 g/mol. The van der Waals surface area contributed by atoms with E-state index in [4.69, 9.17) is 0 Å². The summed E-state index contributed by atoms with van der Waals surface area (Å²) in [5.41, 5.74) is 0. The Morgan fingerprint density at radius 1 is 1.47 bits per heavy atom. The molecule has 102 valence electrons. The SMILES string of the molecule is CCNC(=O)CN(CC)CC1CCCNC1.Cl. The fourth-order valence-corrected chi connectivity index (χ4v) is 2.21. The highest BCUT2D eigenvalue weighted by atomic mass is 35.5. The number of carbonyl (C=O) groups excluding carboxylic acids is 1. The van der Waals surface area contributed by atoms with Crippen LogP contribution in [-0.4, -0.2) is 50.1 Å². The third-order valence-corrected chi connectivity index (χ3v) is 3.10. The molecule has 2 N–H and O–H groups in total. The first kappa shape index (κ1) is 16.7. The first-order valence-electron chi connectivity index (χ1n) is 6.46. The van der Waals surface area contributed by atoms with Crippen molar-refractivity contribution in [3.05, 3.63) is 0 Å². The van der Waals surface area contributed by atoms with Crippen molar-refractivity contribution in [3.8, 4) is 0 Å². The van der Waals surface area contributed by atoms with Gasteiger partial charge in [-0.3, -0.25) is 9.69 Å². The van der Waals surface area contributed by atoms with E-state index in [0.29, 0.717) is 12.5 Å². The quantitative estimate of drug-likeness (QED) is 0.747. The molecule has 0 bridgehead atoms. The lowest BCUT2D eigenvalue weighted by Crippen LogP contribution is -2.42. The number of likely N-dealkylation sites (N-methyl/N-ethyl adjacent to an activating group) is 2. The first-order chi connectivity index (χ1) is 7.76. The Morgan fingerprint density at radius 2 is 2.24 bits per heavy atom. The van der Waals surface area contributed by atoms with Gasteiger partial charge in [0, 0.05) is 13.1 Å². The van der Waals surface area contributed by atoms with Gasteiger partial charge in [0.2, 0.25) is 5.91 Å². The molecule has 1 unspecified atom stereocenters. The minimum atomic E-state index is 0. The second-order valence-corrected chi connectivity index (χ2v) is 4.49. The predicted molar refractivity (Wildman–Crippen MR) is 73.6 cm³/mol. The van der Waals surface area contributed by atoms with Crippen LogP contribution in [0.4, 0.5) is 0 Å². The van der Waals surface area contributed by atoms with Crippen LogP contribution in [0, 0.1) is 5.92 Å². The molecule has 1 atom stereocenters. The molecule has 1 rings (SSSR count). The number of rotatable bonds is 6. The number of nitrogens with zero attached hydrogens (tertiary/aromatic N) is 1. The summed E-state index contributed by atoms with van der Waals surface area (Å²) in [6.07, 6.45) is 2.56. The summed E-state index contributed by atoms with van der Waals surface area (Å²) >= 11 is 0. The average molecular weight is 264 g/mol. The molecule has 1 saturated heterocycles. The molecule has 1 fully saturated rings. The lowest BCUT2D eigenvalue weighted by molar-refractivity contribution is -0.122. The molecule has 0 radical (unpaired) electrons. The van der Waals surface area contributed by atoms with Crippen molar-refractivity contribution in [1.82, 2.24) is 15.5 Å². The Hall–Kier alpha value is -0.320. The maximum atomic E-state index is 11.5. The van der Waals surface area contributed by atoms with E-state index < -0.39 is 0 Å².